The van der Waals surface area contributed by atoms with E-state index in [1.165, 1.54) is 6.92 Å². The molecule has 0 bridgehead atoms. The van der Waals surface area contributed by atoms with Gasteiger partial charge in [0, 0.05) is 24.9 Å². The number of hydrogen-bond acceptors (Lipinski definition) is 1. The van der Waals surface area contributed by atoms with Crippen LogP contribution in [0.25, 0.3) is 10.9 Å². The lowest BCUT2D eigenvalue weighted by Crippen LogP contribution is -2.00. The van der Waals surface area contributed by atoms with Crippen molar-refractivity contribution in [3.05, 3.63) is 33.9 Å². The molecule has 2 rings (SSSR count). The van der Waals surface area contributed by atoms with E-state index in [-0.39, 0.29) is 5.78 Å². The maximum atomic E-state index is 11.3. The molecule has 0 aliphatic carbocycles. The third-order valence-corrected chi connectivity index (χ3v) is 3.29. The molecule has 0 fully saturated rings. The third kappa shape index (κ3) is 1.54. The molecule has 15 heavy (non-hydrogen) atoms. The van der Waals surface area contributed by atoms with Crippen LogP contribution in [0.3, 0.4) is 0 Å². The molecular formula is C11H9Cl2NO. The summed E-state index contributed by atoms with van der Waals surface area (Å²) < 4.78 is 1.82. The molecule has 78 valence electrons. The predicted molar refractivity (Wildman–Crippen MR) is 62.9 cm³/mol. The lowest BCUT2D eigenvalue weighted by Gasteiger charge is -2.00. The number of halogens is 2. The highest BCUT2D eigenvalue weighted by molar-refractivity contribution is 6.45. The largest absolute Gasteiger partial charge is 0.341 e. The average Bonchev–Trinajstić information content (AvgIpc) is 2.51. The summed E-state index contributed by atoms with van der Waals surface area (Å²) in [6.45, 7) is 1.53. The van der Waals surface area contributed by atoms with Gasteiger partial charge in [-0.2, -0.15) is 0 Å². The van der Waals surface area contributed by atoms with Crippen LogP contribution in [0.15, 0.2) is 18.2 Å². The normalized spacial score (nSPS) is 10.9. The second-order valence-electron chi connectivity index (χ2n) is 3.44. The van der Waals surface area contributed by atoms with Gasteiger partial charge >= 0.3 is 0 Å². The van der Waals surface area contributed by atoms with Gasteiger partial charge in [-0.05, 0) is 18.2 Å². The quantitative estimate of drug-likeness (QED) is 0.699. The van der Waals surface area contributed by atoms with Gasteiger partial charge in [-0.1, -0.05) is 23.2 Å². The summed E-state index contributed by atoms with van der Waals surface area (Å²) in [5, 5.41) is 1.82. The summed E-state index contributed by atoms with van der Waals surface area (Å²) in [5.41, 5.74) is 1.55. The van der Waals surface area contributed by atoms with Crippen LogP contribution >= 0.6 is 23.2 Å². The monoisotopic (exact) mass is 241 g/mol. The molecule has 2 nitrogen and oxygen atoms in total. The highest BCUT2D eigenvalue weighted by atomic mass is 35.5. The summed E-state index contributed by atoms with van der Waals surface area (Å²) in [5.74, 6) is 0.0147. The van der Waals surface area contributed by atoms with Crippen molar-refractivity contribution in [2.45, 2.75) is 6.92 Å². The number of ketones is 1. The summed E-state index contributed by atoms with van der Waals surface area (Å²) in [6, 6.07) is 5.36. The smallest absolute Gasteiger partial charge is 0.176 e. The molecule has 0 saturated carbocycles. The fourth-order valence-electron chi connectivity index (χ4n) is 1.69. The van der Waals surface area contributed by atoms with Crippen molar-refractivity contribution in [3.63, 3.8) is 0 Å². The van der Waals surface area contributed by atoms with Crippen molar-refractivity contribution >= 4 is 39.9 Å². The Balaban J connectivity index is 2.88. The zero-order valence-corrected chi connectivity index (χ0v) is 9.86. The Morgan fingerprint density at radius 1 is 1.33 bits per heavy atom. The number of fused-ring (bicyclic) bond motifs is 1. The van der Waals surface area contributed by atoms with Gasteiger partial charge in [0.25, 0.3) is 0 Å². The van der Waals surface area contributed by atoms with E-state index in [2.05, 4.69) is 0 Å². The Morgan fingerprint density at radius 3 is 2.60 bits per heavy atom. The van der Waals surface area contributed by atoms with Gasteiger partial charge in [-0.3, -0.25) is 4.79 Å². The Morgan fingerprint density at radius 2 is 2.00 bits per heavy atom. The number of nitrogens with zero attached hydrogens (tertiary/aromatic N) is 1. The number of carbonyl (C=O) groups excluding carboxylic acids is 1. The van der Waals surface area contributed by atoms with Gasteiger partial charge in [0.2, 0.25) is 0 Å². The van der Waals surface area contributed by atoms with Crippen molar-refractivity contribution in [2.75, 3.05) is 0 Å². The van der Waals surface area contributed by atoms with Crippen molar-refractivity contribution in [2.24, 2.45) is 7.05 Å². The molecule has 0 saturated heterocycles. The van der Waals surface area contributed by atoms with E-state index in [1.807, 2.05) is 17.7 Å². The molecule has 1 aromatic carbocycles. The average molecular weight is 242 g/mol. The fraction of sp³-hybridized carbons (Fsp3) is 0.182. The summed E-state index contributed by atoms with van der Waals surface area (Å²) in [7, 11) is 1.84. The molecule has 0 amide bonds. The van der Waals surface area contributed by atoms with Crippen LogP contribution in [0.4, 0.5) is 0 Å². The molecule has 0 aliphatic rings. The van der Waals surface area contributed by atoms with Gasteiger partial charge in [-0.15, -0.1) is 0 Å². The van der Waals surface area contributed by atoms with Crippen molar-refractivity contribution < 1.29 is 4.79 Å². The van der Waals surface area contributed by atoms with E-state index in [1.54, 1.807) is 12.1 Å². The Kier molecular flexibility index (Phi) is 2.49. The second kappa shape index (κ2) is 3.54. The fourth-order valence-corrected chi connectivity index (χ4v) is 2.07. The van der Waals surface area contributed by atoms with E-state index in [0.717, 1.165) is 10.9 Å². The first kappa shape index (κ1) is 10.5. The Hall–Kier alpha value is -0.990. The van der Waals surface area contributed by atoms with Crippen molar-refractivity contribution in [3.8, 4) is 0 Å². The SMILES string of the molecule is CC(=O)c1cc2c(Cl)c(Cl)ccc2n1C. The topological polar surface area (TPSA) is 22.0 Å². The van der Waals surface area contributed by atoms with Gasteiger partial charge in [0.15, 0.2) is 5.78 Å². The van der Waals surface area contributed by atoms with Crippen molar-refractivity contribution in [1.29, 1.82) is 0 Å². The molecule has 0 spiro atoms. The lowest BCUT2D eigenvalue weighted by atomic mass is 10.2. The van der Waals surface area contributed by atoms with Gasteiger partial charge in [0.05, 0.1) is 15.7 Å². The number of rotatable bonds is 1. The Labute approximate surface area is 97.4 Å². The number of aryl methyl sites for hydroxylation is 1. The first-order valence-corrected chi connectivity index (χ1v) is 5.22. The minimum atomic E-state index is 0.0147. The van der Waals surface area contributed by atoms with Crippen molar-refractivity contribution in [1.82, 2.24) is 4.57 Å². The van der Waals surface area contributed by atoms with Gasteiger partial charge in [0.1, 0.15) is 0 Å². The molecule has 2 aromatic rings. The van der Waals surface area contributed by atoms with Gasteiger partial charge in [-0.25, -0.2) is 0 Å². The zero-order valence-electron chi connectivity index (χ0n) is 8.34. The summed E-state index contributed by atoms with van der Waals surface area (Å²) >= 11 is 12.0. The molecule has 4 heteroatoms. The molecule has 0 N–H and O–H groups in total. The molecular weight excluding hydrogens is 233 g/mol. The molecule has 0 atom stereocenters. The van der Waals surface area contributed by atoms with Crippen LogP contribution in [0.2, 0.25) is 10.0 Å². The third-order valence-electron chi connectivity index (χ3n) is 2.47. The highest BCUT2D eigenvalue weighted by Gasteiger charge is 2.12. The minimum absolute atomic E-state index is 0.0147. The molecule has 0 unspecified atom stereocenters. The summed E-state index contributed by atoms with van der Waals surface area (Å²) in [6.07, 6.45) is 0. The second-order valence-corrected chi connectivity index (χ2v) is 4.22. The van der Waals surface area contributed by atoms with Gasteiger partial charge < -0.3 is 4.57 Å². The van der Waals surface area contributed by atoms with Crippen LogP contribution in [0.5, 0.6) is 0 Å². The number of carbonyl (C=O) groups is 1. The highest BCUT2D eigenvalue weighted by Crippen LogP contribution is 2.32. The summed E-state index contributed by atoms with van der Waals surface area (Å²) in [4.78, 5) is 11.3. The number of aromatic nitrogens is 1. The zero-order chi connectivity index (χ0) is 11.2. The number of Topliss-reactive ketones (excluding diaryl/α,β-unsaturated/α-hetero) is 1. The maximum absolute atomic E-state index is 11.3. The van der Waals surface area contributed by atoms with Crippen LogP contribution in [-0.2, 0) is 7.05 Å². The molecule has 0 aliphatic heterocycles. The number of benzene rings is 1. The lowest BCUT2D eigenvalue weighted by molar-refractivity contribution is 0.101. The van der Waals surface area contributed by atoms with E-state index in [0.29, 0.717) is 15.7 Å². The van der Waals surface area contributed by atoms with E-state index in [9.17, 15) is 4.79 Å². The molecule has 0 radical (unpaired) electrons. The first-order chi connectivity index (χ1) is 7.02. The van der Waals surface area contributed by atoms with Crippen LogP contribution in [-0.4, -0.2) is 10.4 Å². The van der Waals surface area contributed by atoms with E-state index >= 15 is 0 Å². The Bertz CT molecular complexity index is 557. The number of hydrogen-bond donors (Lipinski definition) is 0. The minimum Gasteiger partial charge on any atom is -0.341 e. The maximum Gasteiger partial charge on any atom is 0.176 e. The first-order valence-electron chi connectivity index (χ1n) is 4.46. The molecule has 1 heterocycles. The van der Waals surface area contributed by atoms with E-state index in [4.69, 9.17) is 23.2 Å². The predicted octanol–water partition coefficient (Wildman–Crippen LogP) is 3.69. The van der Waals surface area contributed by atoms with Crippen LogP contribution in [0, 0.1) is 0 Å². The standard InChI is InChI=1S/C11H9Cl2NO/c1-6(15)10-5-7-9(14(10)2)4-3-8(12)11(7)13/h3-5H,1-2H3. The van der Waals surface area contributed by atoms with Crippen LogP contribution in [0.1, 0.15) is 17.4 Å². The van der Waals surface area contributed by atoms with E-state index < -0.39 is 0 Å². The van der Waals surface area contributed by atoms with Crippen LogP contribution < -0.4 is 0 Å². The molecule has 1 aromatic heterocycles.